The van der Waals surface area contributed by atoms with E-state index in [1.165, 1.54) is 77.9 Å². The van der Waals surface area contributed by atoms with E-state index in [1.807, 2.05) is 0 Å². The van der Waals surface area contributed by atoms with Crippen LogP contribution < -0.4 is 5.73 Å². The zero-order valence-corrected chi connectivity index (χ0v) is 26.9. The topological polar surface area (TPSA) is 26.0 Å². The molecule has 2 N–H and O–H groups in total. The molecule has 6 aromatic rings. The van der Waals surface area contributed by atoms with Crippen molar-refractivity contribution in [3.8, 4) is 33.4 Å². The molecule has 0 aromatic heterocycles. The van der Waals surface area contributed by atoms with Gasteiger partial charge in [0.15, 0.2) is 0 Å². The second kappa shape index (κ2) is 12.4. The lowest BCUT2D eigenvalue weighted by molar-refractivity contribution is 0.793. The Labute approximate surface area is 278 Å². The van der Waals surface area contributed by atoms with Gasteiger partial charge in [-0.3, -0.25) is 0 Å². The third-order valence-electron chi connectivity index (χ3n) is 10.1. The summed E-state index contributed by atoms with van der Waals surface area (Å²) in [6.45, 7) is 2.22. The summed E-state index contributed by atoms with van der Waals surface area (Å²) in [6, 6.07) is 52.1. The van der Waals surface area contributed by atoms with Crippen molar-refractivity contribution in [1.29, 1.82) is 0 Å². The summed E-state index contributed by atoms with van der Waals surface area (Å²) in [6.07, 6.45) is 8.09. The average Bonchev–Trinajstić information content (AvgIpc) is 3.12. The van der Waals surface area contributed by atoms with Gasteiger partial charge in [0, 0.05) is 11.6 Å². The smallest absolute Gasteiger partial charge is 0.0136 e. The molecular weight excluding hydrogens is 567 g/mol. The number of nitrogens with two attached hydrogens (primary N) is 1. The van der Waals surface area contributed by atoms with Gasteiger partial charge in [-0.25, -0.2) is 0 Å². The van der Waals surface area contributed by atoms with E-state index < -0.39 is 0 Å². The first kappa shape index (κ1) is 29.0. The number of rotatable bonds is 6. The van der Waals surface area contributed by atoms with Crippen LogP contribution in [0.2, 0.25) is 0 Å². The van der Waals surface area contributed by atoms with Crippen molar-refractivity contribution in [3.05, 3.63) is 196 Å². The lowest BCUT2D eigenvalue weighted by Crippen LogP contribution is -2.13. The van der Waals surface area contributed by atoms with E-state index in [0.717, 1.165) is 31.4 Å². The molecule has 0 spiro atoms. The largest absolute Gasteiger partial charge is 0.402 e. The molecule has 1 atom stereocenters. The Hall–Kier alpha value is -5.40. The van der Waals surface area contributed by atoms with Crippen molar-refractivity contribution in [2.45, 2.75) is 38.5 Å². The third kappa shape index (κ3) is 5.75. The van der Waals surface area contributed by atoms with Gasteiger partial charge in [0.05, 0.1) is 0 Å². The first-order valence-corrected chi connectivity index (χ1v) is 16.8. The standard InChI is InChI=1S/C46H39N/c1-31-9-5-7-13-41(31)45-28-36(19-20-39(45)27-32-10-3-2-4-11-32)37-23-26-43-44(30-38-12-6-8-14-42(38)46(43)29-37)35-17-15-33(16-18-35)34-21-24-40(47)25-22-34/h2-21,23-24,26,28-29,44H,22,25,27,30,47H2,1H3. The summed E-state index contributed by atoms with van der Waals surface area (Å²) in [5.41, 5.74) is 25.7. The number of hydrogen-bond donors (Lipinski definition) is 1. The molecule has 1 nitrogen and oxygen atoms in total. The van der Waals surface area contributed by atoms with E-state index in [2.05, 4.69) is 159 Å². The highest BCUT2D eigenvalue weighted by molar-refractivity contribution is 5.83. The predicted octanol–water partition coefficient (Wildman–Crippen LogP) is 11.3. The maximum Gasteiger partial charge on any atom is 0.0136 e. The van der Waals surface area contributed by atoms with Crippen LogP contribution in [0.5, 0.6) is 0 Å². The molecule has 8 rings (SSSR count). The van der Waals surface area contributed by atoms with Gasteiger partial charge < -0.3 is 5.73 Å². The van der Waals surface area contributed by atoms with Gasteiger partial charge in [0.1, 0.15) is 0 Å². The molecule has 0 radical (unpaired) electrons. The van der Waals surface area contributed by atoms with Crippen LogP contribution in [0.4, 0.5) is 0 Å². The van der Waals surface area contributed by atoms with Crippen molar-refractivity contribution in [2.24, 2.45) is 5.73 Å². The van der Waals surface area contributed by atoms with Crippen LogP contribution in [0.15, 0.2) is 157 Å². The van der Waals surface area contributed by atoms with Gasteiger partial charge in [-0.1, -0.05) is 133 Å². The Kier molecular flexibility index (Phi) is 7.67. The molecule has 228 valence electrons. The lowest BCUT2D eigenvalue weighted by Gasteiger charge is -2.29. The summed E-state index contributed by atoms with van der Waals surface area (Å²) < 4.78 is 0. The fourth-order valence-corrected chi connectivity index (χ4v) is 7.54. The van der Waals surface area contributed by atoms with Crippen LogP contribution in [-0.2, 0) is 12.8 Å². The summed E-state index contributed by atoms with van der Waals surface area (Å²) in [5.74, 6) is 0.314. The van der Waals surface area contributed by atoms with Gasteiger partial charge in [-0.15, -0.1) is 0 Å². The Balaban J connectivity index is 1.19. The molecule has 0 aliphatic heterocycles. The van der Waals surface area contributed by atoms with E-state index in [1.54, 1.807) is 0 Å². The minimum absolute atomic E-state index is 0.314. The zero-order valence-electron chi connectivity index (χ0n) is 26.9. The minimum atomic E-state index is 0.314. The van der Waals surface area contributed by atoms with E-state index in [4.69, 9.17) is 5.73 Å². The van der Waals surface area contributed by atoms with Gasteiger partial charge in [0.25, 0.3) is 0 Å². The molecule has 0 saturated heterocycles. The molecule has 0 saturated carbocycles. The quantitative estimate of drug-likeness (QED) is 0.201. The Morgan fingerprint density at radius 3 is 2.02 bits per heavy atom. The lowest BCUT2D eigenvalue weighted by atomic mass is 9.74. The SMILES string of the molecule is Cc1ccccc1-c1cc(-c2ccc3c(c2)-c2ccccc2CC3c2ccc(C3=CC=C(N)CC3)cc2)ccc1Cc1ccccc1. The van der Waals surface area contributed by atoms with Crippen LogP contribution in [0, 0.1) is 6.92 Å². The van der Waals surface area contributed by atoms with Gasteiger partial charge in [-0.2, -0.15) is 0 Å². The third-order valence-corrected chi connectivity index (χ3v) is 10.1. The second-order valence-electron chi connectivity index (χ2n) is 13.1. The molecule has 1 heteroatoms. The molecule has 47 heavy (non-hydrogen) atoms. The Bertz CT molecular complexity index is 2150. The maximum absolute atomic E-state index is 6.02. The molecule has 0 amide bonds. The number of fused-ring (bicyclic) bond motifs is 3. The summed E-state index contributed by atoms with van der Waals surface area (Å²) in [4.78, 5) is 0. The molecule has 0 bridgehead atoms. The molecular formula is C46H39N. The molecule has 0 fully saturated rings. The van der Waals surface area contributed by atoms with E-state index in [-0.39, 0.29) is 0 Å². The monoisotopic (exact) mass is 605 g/mol. The summed E-state index contributed by atoms with van der Waals surface area (Å²) >= 11 is 0. The highest BCUT2D eigenvalue weighted by Gasteiger charge is 2.26. The number of aryl methyl sites for hydroxylation is 1. The average molecular weight is 606 g/mol. The Morgan fingerprint density at radius 1 is 0.574 bits per heavy atom. The van der Waals surface area contributed by atoms with E-state index in [0.29, 0.717) is 5.92 Å². The van der Waals surface area contributed by atoms with Crippen LogP contribution in [0.1, 0.15) is 57.7 Å². The van der Waals surface area contributed by atoms with Crippen LogP contribution in [-0.4, -0.2) is 0 Å². The molecule has 6 aromatic carbocycles. The molecule has 2 aliphatic carbocycles. The van der Waals surface area contributed by atoms with E-state index in [9.17, 15) is 0 Å². The molecule has 0 heterocycles. The first-order chi connectivity index (χ1) is 23.1. The fraction of sp³-hybridized carbons (Fsp3) is 0.130. The van der Waals surface area contributed by atoms with Crippen LogP contribution in [0.3, 0.4) is 0 Å². The number of hydrogen-bond acceptors (Lipinski definition) is 1. The van der Waals surface area contributed by atoms with E-state index >= 15 is 0 Å². The molecule has 2 aliphatic rings. The van der Waals surface area contributed by atoms with Crippen molar-refractivity contribution in [2.75, 3.05) is 0 Å². The van der Waals surface area contributed by atoms with Gasteiger partial charge >= 0.3 is 0 Å². The van der Waals surface area contributed by atoms with Gasteiger partial charge in [-0.05, 0) is 129 Å². The zero-order chi connectivity index (χ0) is 31.7. The van der Waals surface area contributed by atoms with Crippen LogP contribution in [0.25, 0.3) is 39.0 Å². The Morgan fingerprint density at radius 2 is 1.26 bits per heavy atom. The van der Waals surface area contributed by atoms with Crippen molar-refractivity contribution in [3.63, 3.8) is 0 Å². The highest BCUT2D eigenvalue weighted by atomic mass is 14.6. The van der Waals surface area contributed by atoms with Gasteiger partial charge in [0.2, 0.25) is 0 Å². The number of benzene rings is 6. The normalized spacial score (nSPS) is 15.3. The summed E-state index contributed by atoms with van der Waals surface area (Å²) in [7, 11) is 0. The number of allylic oxidation sites excluding steroid dienone is 4. The van der Waals surface area contributed by atoms with Crippen LogP contribution >= 0.6 is 0 Å². The highest BCUT2D eigenvalue weighted by Crippen LogP contribution is 2.45. The second-order valence-corrected chi connectivity index (χ2v) is 13.1. The fourth-order valence-electron chi connectivity index (χ4n) is 7.54. The minimum Gasteiger partial charge on any atom is -0.402 e. The first-order valence-electron chi connectivity index (χ1n) is 16.8. The van der Waals surface area contributed by atoms with Crippen molar-refractivity contribution in [1.82, 2.24) is 0 Å². The maximum atomic E-state index is 6.02. The van der Waals surface area contributed by atoms with Crippen molar-refractivity contribution < 1.29 is 0 Å². The van der Waals surface area contributed by atoms with Crippen molar-refractivity contribution >= 4 is 5.57 Å². The predicted molar refractivity (Wildman–Crippen MR) is 198 cm³/mol. The molecule has 1 unspecified atom stereocenters. The summed E-state index contributed by atoms with van der Waals surface area (Å²) in [5, 5.41) is 0.